The summed E-state index contributed by atoms with van der Waals surface area (Å²) >= 11 is 0. The topological polar surface area (TPSA) is 112 Å². The summed E-state index contributed by atoms with van der Waals surface area (Å²) in [6.45, 7) is 2.50. The number of ether oxygens (including phenoxy) is 1. The maximum Gasteiger partial charge on any atom is 0.246 e. The quantitative estimate of drug-likeness (QED) is 0.797. The molecule has 0 amide bonds. The highest BCUT2D eigenvalue weighted by molar-refractivity contribution is 7.89. The molecule has 3 N–H and O–H groups in total. The predicted octanol–water partition coefficient (Wildman–Crippen LogP) is 0.367. The van der Waals surface area contributed by atoms with Gasteiger partial charge in [0.25, 0.3) is 0 Å². The van der Waals surface area contributed by atoms with E-state index < -0.39 is 10.0 Å². The molecule has 9 heteroatoms. The van der Waals surface area contributed by atoms with Crippen LogP contribution in [-0.4, -0.2) is 30.3 Å². The average Bonchev–Trinajstić information content (AvgIpc) is 2.88. The minimum atomic E-state index is -3.71. The highest BCUT2D eigenvalue weighted by Gasteiger charge is 2.20. The Morgan fingerprint density at radius 2 is 2.19 bits per heavy atom. The second-order valence-corrected chi connectivity index (χ2v) is 6.00. The van der Waals surface area contributed by atoms with Gasteiger partial charge in [0, 0.05) is 31.5 Å². The van der Waals surface area contributed by atoms with Crippen LogP contribution in [0.4, 0.5) is 5.82 Å². The highest BCUT2D eigenvalue weighted by atomic mass is 32.2. The Morgan fingerprint density at radius 1 is 1.43 bits per heavy atom. The molecule has 0 aliphatic rings. The third kappa shape index (κ3) is 3.50. The summed E-state index contributed by atoms with van der Waals surface area (Å²) in [7, 11) is -2.20. The monoisotopic (exact) mass is 311 g/mol. The standard InChI is InChI=1S/C12H17N5O3S/c1-3-17-8-10(12(13)16-17)21(18,19)15-7-9-4-5-11(20-2)14-6-9/h4-6,8,15H,3,7H2,1-2H3,(H2,13,16). The number of nitrogen functional groups attached to an aromatic ring is 1. The van der Waals surface area contributed by atoms with Gasteiger partial charge in [-0.3, -0.25) is 4.68 Å². The number of aryl methyl sites for hydroxylation is 1. The zero-order chi connectivity index (χ0) is 15.5. The molecule has 0 saturated heterocycles. The first kappa shape index (κ1) is 15.3. The minimum Gasteiger partial charge on any atom is -0.481 e. The van der Waals surface area contributed by atoms with Crippen LogP contribution < -0.4 is 15.2 Å². The molecular formula is C12H17N5O3S. The summed E-state index contributed by atoms with van der Waals surface area (Å²) in [5.74, 6) is 0.451. The Kier molecular flexibility index (Phi) is 4.43. The van der Waals surface area contributed by atoms with E-state index in [1.807, 2.05) is 6.92 Å². The van der Waals surface area contributed by atoms with E-state index in [0.29, 0.717) is 18.0 Å². The van der Waals surface area contributed by atoms with Gasteiger partial charge in [0.1, 0.15) is 4.90 Å². The van der Waals surface area contributed by atoms with Crippen LogP contribution in [0.1, 0.15) is 12.5 Å². The van der Waals surface area contributed by atoms with Gasteiger partial charge in [-0.25, -0.2) is 18.1 Å². The molecule has 0 aromatic carbocycles. The summed E-state index contributed by atoms with van der Waals surface area (Å²) < 4.78 is 33.3. The molecule has 0 bridgehead atoms. The van der Waals surface area contributed by atoms with E-state index in [1.54, 1.807) is 18.3 Å². The maximum atomic E-state index is 12.2. The summed E-state index contributed by atoms with van der Waals surface area (Å²) in [6.07, 6.45) is 2.95. The lowest BCUT2D eigenvalue weighted by atomic mass is 10.3. The SMILES string of the molecule is CCn1cc(S(=O)(=O)NCc2ccc(OC)nc2)c(N)n1. The van der Waals surface area contributed by atoms with Gasteiger partial charge in [-0.05, 0) is 12.5 Å². The molecule has 8 nitrogen and oxygen atoms in total. The van der Waals surface area contributed by atoms with Crippen LogP contribution in [0.3, 0.4) is 0 Å². The lowest BCUT2D eigenvalue weighted by Crippen LogP contribution is -2.23. The van der Waals surface area contributed by atoms with Crippen molar-refractivity contribution in [3.8, 4) is 5.88 Å². The maximum absolute atomic E-state index is 12.2. The molecule has 114 valence electrons. The third-order valence-electron chi connectivity index (χ3n) is 2.84. The number of methoxy groups -OCH3 is 1. The lowest BCUT2D eigenvalue weighted by Gasteiger charge is -2.06. The predicted molar refractivity (Wildman–Crippen MR) is 77.1 cm³/mol. The third-order valence-corrected chi connectivity index (χ3v) is 4.26. The van der Waals surface area contributed by atoms with Crippen molar-refractivity contribution in [3.05, 3.63) is 30.1 Å². The average molecular weight is 311 g/mol. The smallest absolute Gasteiger partial charge is 0.246 e. The van der Waals surface area contributed by atoms with Crippen molar-refractivity contribution in [3.63, 3.8) is 0 Å². The van der Waals surface area contributed by atoms with Crippen LogP contribution in [0.15, 0.2) is 29.4 Å². The Balaban J connectivity index is 2.11. The van der Waals surface area contributed by atoms with Crippen molar-refractivity contribution < 1.29 is 13.2 Å². The highest BCUT2D eigenvalue weighted by Crippen LogP contribution is 2.16. The first-order chi connectivity index (χ1) is 9.96. The Morgan fingerprint density at radius 3 is 2.71 bits per heavy atom. The van der Waals surface area contributed by atoms with Crippen molar-refractivity contribution in [2.24, 2.45) is 0 Å². The summed E-state index contributed by atoms with van der Waals surface area (Å²) in [5, 5.41) is 3.92. The number of rotatable bonds is 6. The van der Waals surface area contributed by atoms with E-state index in [0.717, 1.165) is 0 Å². The second kappa shape index (κ2) is 6.10. The van der Waals surface area contributed by atoms with Crippen LogP contribution in [-0.2, 0) is 23.1 Å². The van der Waals surface area contributed by atoms with Crippen LogP contribution in [0.25, 0.3) is 0 Å². The Bertz CT molecular complexity index is 709. The van der Waals surface area contributed by atoms with Gasteiger partial charge in [0.2, 0.25) is 15.9 Å². The van der Waals surface area contributed by atoms with Gasteiger partial charge in [-0.15, -0.1) is 0 Å². The van der Waals surface area contributed by atoms with E-state index in [2.05, 4.69) is 14.8 Å². The molecule has 0 fully saturated rings. The van der Waals surface area contributed by atoms with Gasteiger partial charge in [0.05, 0.1) is 7.11 Å². The van der Waals surface area contributed by atoms with Gasteiger partial charge in [-0.2, -0.15) is 5.10 Å². The fraction of sp³-hybridized carbons (Fsp3) is 0.333. The van der Waals surface area contributed by atoms with Gasteiger partial charge < -0.3 is 10.5 Å². The Labute approximate surface area is 123 Å². The summed E-state index contributed by atoms with van der Waals surface area (Å²) in [5.41, 5.74) is 6.34. The van der Waals surface area contributed by atoms with Crippen LogP contribution in [0, 0.1) is 0 Å². The molecule has 2 rings (SSSR count). The number of pyridine rings is 1. The molecule has 0 spiro atoms. The fourth-order valence-electron chi connectivity index (χ4n) is 1.68. The number of sulfonamides is 1. The van der Waals surface area contributed by atoms with E-state index >= 15 is 0 Å². The second-order valence-electron chi connectivity index (χ2n) is 4.27. The molecule has 21 heavy (non-hydrogen) atoms. The van der Waals surface area contributed by atoms with E-state index in [4.69, 9.17) is 10.5 Å². The van der Waals surface area contributed by atoms with Gasteiger partial charge >= 0.3 is 0 Å². The Hall–Kier alpha value is -2.13. The van der Waals surface area contributed by atoms with Crippen molar-refractivity contribution in [1.29, 1.82) is 0 Å². The molecule has 0 saturated carbocycles. The van der Waals surface area contributed by atoms with Crippen LogP contribution in [0.2, 0.25) is 0 Å². The van der Waals surface area contributed by atoms with Crippen molar-refractivity contribution in [2.45, 2.75) is 24.9 Å². The van der Waals surface area contributed by atoms with E-state index in [-0.39, 0.29) is 17.3 Å². The molecule has 0 aliphatic heterocycles. The molecule has 0 radical (unpaired) electrons. The molecule has 0 atom stereocenters. The number of nitrogens with two attached hydrogens (primary N) is 1. The largest absolute Gasteiger partial charge is 0.481 e. The van der Waals surface area contributed by atoms with Crippen molar-refractivity contribution in [1.82, 2.24) is 19.5 Å². The normalized spacial score (nSPS) is 11.5. The fourth-order valence-corrected chi connectivity index (χ4v) is 2.77. The van der Waals surface area contributed by atoms with Gasteiger partial charge in [-0.1, -0.05) is 6.07 Å². The number of nitrogens with zero attached hydrogens (tertiary/aromatic N) is 3. The van der Waals surface area contributed by atoms with Crippen molar-refractivity contribution in [2.75, 3.05) is 12.8 Å². The zero-order valence-electron chi connectivity index (χ0n) is 11.8. The number of anilines is 1. The zero-order valence-corrected chi connectivity index (χ0v) is 12.6. The van der Waals surface area contributed by atoms with Gasteiger partial charge in [0.15, 0.2) is 5.82 Å². The molecular weight excluding hydrogens is 294 g/mol. The van der Waals surface area contributed by atoms with Crippen molar-refractivity contribution >= 4 is 15.8 Å². The number of hydrogen-bond acceptors (Lipinski definition) is 6. The first-order valence-corrected chi connectivity index (χ1v) is 7.76. The molecule has 0 aliphatic carbocycles. The lowest BCUT2D eigenvalue weighted by molar-refractivity contribution is 0.397. The summed E-state index contributed by atoms with van der Waals surface area (Å²) in [4.78, 5) is 3.98. The molecule has 2 heterocycles. The van der Waals surface area contributed by atoms with E-state index in [1.165, 1.54) is 18.0 Å². The number of hydrogen-bond donors (Lipinski definition) is 2. The van der Waals surface area contributed by atoms with Crippen LogP contribution in [0.5, 0.6) is 5.88 Å². The van der Waals surface area contributed by atoms with Crippen LogP contribution >= 0.6 is 0 Å². The number of aromatic nitrogens is 3. The minimum absolute atomic E-state index is 0.0165. The molecule has 2 aromatic heterocycles. The molecule has 2 aromatic rings. The van der Waals surface area contributed by atoms with E-state index in [9.17, 15) is 8.42 Å². The molecule has 0 unspecified atom stereocenters. The summed E-state index contributed by atoms with van der Waals surface area (Å²) in [6, 6.07) is 3.39. The first-order valence-electron chi connectivity index (χ1n) is 6.27. The number of nitrogens with one attached hydrogen (secondary N) is 1.